The predicted octanol–water partition coefficient (Wildman–Crippen LogP) is 3.72. The SMILES string of the molecule is COC(=O)C(CC1CCCC1)c1cn(C)c2cc(O)ccc12. The molecule has 4 heteroatoms. The van der Waals surface area contributed by atoms with Crippen LogP contribution in [-0.2, 0) is 16.6 Å². The molecule has 4 nitrogen and oxygen atoms in total. The minimum Gasteiger partial charge on any atom is -0.508 e. The first-order valence-electron chi connectivity index (χ1n) is 7.96. The zero-order valence-electron chi connectivity index (χ0n) is 13.2. The van der Waals surface area contributed by atoms with Crippen LogP contribution in [0.5, 0.6) is 5.75 Å². The molecule has 118 valence electrons. The summed E-state index contributed by atoms with van der Waals surface area (Å²) in [7, 11) is 3.40. The van der Waals surface area contributed by atoms with E-state index >= 15 is 0 Å². The van der Waals surface area contributed by atoms with Gasteiger partial charge in [0, 0.05) is 24.7 Å². The van der Waals surface area contributed by atoms with Crippen LogP contribution in [0.4, 0.5) is 0 Å². The van der Waals surface area contributed by atoms with Gasteiger partial charge in [0.25, 0.3) is 0 Å². The molecule has 0 aliphatic heterocycles. The molecule has 1 aromatic carbocycles. The Bertz CT molecular complexity index is 683. The standard InChI is InChI=1S/C18H23NO3/c1-19-11-16(14-8-7-13(20)10-17(14)19)15(18(21)22-2)9-12-5-3-4-6-12/h7-8,10-12,15,20H,3-6,9H2,1-2H3. The number of carbonyl (C=O) groups is 1. The molecular weight excluding hydrogens is 278 g/mol. The summed E-state index contributed by atoms with van der Waals surface area (Å²) in [6.45, 7) is 0. The number of carbonyl (C=O) groups excluding carboxylic acids is 1. The molecule has 1 aromatic heterocycles. The van der Waals surface area contributed by atoms with Gasteiger partial charge >= 0.3 is 5.97 Å². The molecule has 0 saturated heterocycles. The van der Waals surface area contributed by atoms with E-state index in [0.29, 0.717) is 5.92 Å². The number of benzene rings is 1. The smallest absolute Gasteiger partial charge is 0.313 e. The highest BCUT2D eigenvalue weighted by Gasteiger charge is 2.29. The molecule has 1 atom stereocenters. The van der Waals surface area contributed by atoms with Crippen molar-refractivity contribution in [2.45, 2.75) is 38.0 Å². The van der Waals surface area contributed by atoms with Gasteiger partial charge in [-0.25, -0.2) is 0 Å². The summed E-state index contributed by atoms with van der Waals surface area (Å²) in [6, 6.07) is 5.31. The van der Waals surface area contributed by atoms with Crippen LogP contribution in [0.2, 0.25) is 0 Å². The average Bonchev–Trinajstić information content (AvgIpc) is 3.12. The van der Waals surface area contributed by atoms with Gasteiger partial charge in [-0.2, -0.15) is 0 Å². The Kier molecular flexibility index (Phi) is 4.10. The fraction of sp³-hybridized carbons (Fsp3) is 0.500. The first-order chi connectivity index (χ1) is 10.6. The van der Waals surface area contributed by atoms with Crippen LogP contribution < -0.4 is 0 Å². The van der Waals surface area contributed by atoms with Crippen LogP contribution in [0, 0.1) is 5.92 Å². The summed E-state index contributed by atoms with van der Waals surface area (Å²) in [5, 5.41) is 10.7. The Balaban J connectivity index is 2.01. The Labute approximate surface area is 130 Å². The van der Waals surface area contributed by atoms with E-state index in [4.69, 9.17) is 4.74 Å². The molecule has 0 spiro atoms. The van der Waals surface area contributed by atoms with Crippen molar-refractivity contribution in [1.82, 2.24) is 4.57 Å². The van der Waals surface area contributed by atoms with E-state index < -0.39 is 0 Å². The van der Waals surface area contributed by atoms with Crippen LogP contribution in [0.3, 0.4) is 0 Å². The van der Waals surface area contributed by atoms with E-state index in [9.17, 15) is 9.90 Å². The number of ether oxygens (including phenoxy) is 1. The zero-order valence-corrected chi connectivity index (χ0v) is 13.2. The quantitative estimate of drug-likeness (QED) is 0.876. The van der Waals surface area contributed by atoms with Crippen LogP contribution >= 0.6 is 0 Å². The van der Waals surface area contributed by atoms with Crippen molar-refractivity contribution >= 4 is 16.9 Å². The minimum absolute atomic E-state index is 0.160. The molecule has 1 N–H and O–H groups in total. The van der Waals surface area contributed by atoms with Gasteiger partial charge in [-0.1, -0.05) is 25.7 Å². The molecule has 0 radical (unpaired) electrons. The molecule has 3 rings (SSSR count). The van der Waals surface area contributed by atoms with Crippen molar-refractivity contribution in [3.63, 3.8) is 0 Å². The average molecular weight is 301 g/mol. The maximum atomic E-state index is 12.3. The van der Waals surface area contributed by atoms with Crippen molar-refractivity contribution in [3.05, 3.63) is 30.0 Å². The predicted molar refractivity (Wildman–Crippen MR) is 85.9 cm³/mol. The third kappa shape index (κ3) is 2.70. The Hall–Kier alpha value is -1.97. The number of hydrogen-bond donors (Lipinski definition) is 1. The van der Waals surface area contributed by atoms with Gasteiger partial charge in [0.1, 0.15) is 5.75 Å². The second kappa shape index (κ2) is 6.03. The van der Waals surface area contributed by atoms with Crippen molar-refractivity contribution in [2.24, 2.45) is 13.0 Å². The third-order valence-electron chi connectivity index (χ3n) is 4.91. The Morgan fingerprint density at radius 1 is 1.41 bits per heavy atom. The summed E-state index contributed by atoms with van der Waals surface area (Å²) in [5.41, 5.74) is 1.95. The number of phenols is 1. The van der Waals surface area contributed by atoms with Crippen LogP contribution in [0.15, 0.2) is 24.4 Å². The van der Waals surface area contributed by atoms with Crippen molar-refractivity contribution < 1.29 is 14.6 Å². The van der Waals surface area contributed by atoms with E-state index in [-0.39, 0.29) is 17.6 Å². The Morgan fingerprint density at radius 3 is 2.82 bits per heavy atom. The molecule has 1 unspecified atom stereocenters. The number of methoxy groups -OCH3 is 1. The van der Waals surface area contributed by atoms with Gasteiger partial charge in [-0.3, -0.25) is 4.79 Å². The van der Waals surface area contributed by atoms with E-state index in [1.807, 2.05) is 23.9 Å². The van der Waals surface area contributed by atoms with Crippen molar-refractivity contribution in [3.8, 4) is 5.75 Å². The normalized spacial score (nSPS) is 17.0. The summed E-state index contributed by atoms with van der Waals surface area (Å²) in [5.74, 6) is 0.468. The first-order valence-corrected chi connectivity index (χ1v) is 7.96. The van der Waals surface area contributed by atoms with Gasteiger partial charge in [-0.15, -0.1) is 0 Å². The maximum absolute atomic E-state index is 12.3. The molecule has 1 heterocycles. The van der Waals surface area contributed by atoms with Crippen molar-refractivity contribution in [1.29, 1.82) is 0 Å². The van der Waals surface area contributed by atoms with Crippen LogP contribution in [0.1, 0.15) is 43.6 Å². The van der Waals surface area contributed by atoms with Gasteiger partial charge in [0.05, 0.1) is 18.5 Å². The molecule has 1 aliphatic carbocycles. The number of aryl methyl sites for hydroxylation is 1. The minimum atomic E-state index is -0.221. The number of rotatable bonds is 4. The summed E-state index contributed by atoms with van der Waals surface area (Å²) >= 11 is 0. The monoisotopic (exact) mass is 301 g/mol. The Morgan fingerprint density at radius 2 is 2.14 bits per heavy atom. The fourth-order valence-electron chi connectivity index (χ4n) is 3.75. The van der Waals surface area contributed by atoms with E-state index in [0.717, 1.165) is 22.9 Å². The number of nitrogens with zero attached hydrogens (tertiary/aromatic N) is 1. The highest BCUT2D eigenvalue weighted by atomic mass is 16.5. The number of aromatic hydroxyl groups is 1. The maximum Gasteiger partial charge on any atom is 0.313 e. The van der Waals surface area contributed by atoms with E-state index in [1.165, 1.54) is 32.8 Å². The largest absolute Gasteiger partial charge is 0.508 e. The number of fused-ring (bicyclic) bond motifs is 1. The number of phenolic OH excluding ortho intramolecular Hbond substituents is 1. The summed E-state index contributed by atoms with van der Waals surface area (Å²) < 4.78 is 7.03. The van der Waals surface area contributed by atoms with E-state index in [1.54, 1.807) is 12.1 Å². The number of aromatic nitrogens is 1. The molecule has 2 aromatic rings. The lowest BCUT2D eigenvalue weighted by molar-refractivity contribution is -0.142. The van der Waals surface area contributed by atoms with Crippen LogP contribution in [0.25, 0.3) is 10.9 Å². The van der Waals surface area contributed by atoms with Gasteiger partial charge in [0.15, 0.2) is 0 Å². The summed E-state index contributed by atoms with van der Waals surface area (Å²) in [6.07, 6.45) is 7.80. The first kappa shape index (κ1) is 14.9. The lowest BCUT2D eigenvalue weighted by atomic mass is 9.87. The number of esters is 1. The molecule has 0 amide bonds. The topological polar surface area (TPSA) is 51.5 Å². The number of hydrogen-bond acceptors (Lipinski definition) is 3. The molecule has 0 bridgehead atoms. The second-order valence-electron chi connectivity index (χ2n) is 6.36. The summed E-state index contributed by atoms with van der Waals surface area (Å²) in [4.78, 5) is 12.3. The molecule has 1 saturated carbocycles. The second-order valence-corrected chi connectivity index (χ2v) is 6.36. The lowest BCUT2D eigenvalue weighted by Crippen LogP contribution is -2.17. The third-order valence-corrected chi connectivity index (χ3v) is 4.91. The molecular formula is C18H23NO3. The van der Waals surface area contributed by atoms with Crippen LogP contribution in [-0.4, -0.2) is 22.8 Å². The molecule has 1 aliphatic rings. The van der Waals surface area contributed by atoms with Crippen molar-refractivity contribution in [2.75, 3.05) is 7.11 Å². The van der Waals surface area contributed by atoms with Gasteiger partial charge in [0.2, 0.25) is 0 Å². The molecule has 1 fully saturated rings. The molecule has 22 heavy (non-hydrogen) atoms. The van der Waals surface area contributed by atoms with Gasteiger partial charge in [-0.05, 0) is 30.0 Å². The lowest BCUT2D eigenvalue weighted by Gasteiger charge is -2.18. The van der Waals surface area contributed by atoms with Gasteiger partial charge < -0.3 is 14.4 Å². The zero-order chi connectivity index (χ0) is 15.7. The highest BCUT2D eigenvalue weighted by molar-refractivity contribution is 5.91. The highest BCUT2D eigenvalue weighted by Crippen LogP contribution is 2.38. The van der Waals surface area contributed by atoms with E-state index in [2.05, 4.69) is 0 Å². The fourth-order valence-corrected chi connectivity index (χ4v) is 3.75.